The van der Waals surface area contributed by atoms with Gasteiger partial charge in [-0.2, -0.15) is 0 Å². The van der Waals surface area contributed by atoms with Crippen LogP contribution in [-0.4, -0.2) is 53.2 Å². The average molecular weight is 415 g/mol. The third-order valence-electron chi connectivity index (χ3n) is 3.36. The lowest BCUT2D eigenvalue weighted by Gasteiger charge is -2.34. The summed E-state index contributed by atoms with van der Waals surface area (Å²) in [5.74, 6) is 0. The molecule has 3 rings (SSSR count). The van der Waals surface area contributed by atoms with Crippen LogP contribution in [0.5, 0.6) is 0 Å². The summed E-state index contributed by atoms with van der Waals surface area (Å²) >= 11 is 4.95. The molecule has 0 atom stereocenters. The van der Waals surface area contributed by atoms with Crippen LogP contribution < -0.4 is 4.90 Å². The first kappa shape index (κ1) is 18.9. The van der Waals surface area contributed by atoms with Crippen molar-refractivity contribution in [1.29, 1.82) is 0 Å². The van der Waals surface area contributed by atoms with Gasteiger partial charge in [0.25, 0.3) is 0 Å². The summed E-state index contributed by atoms with van der Waals surface area (Å²) < 4.78 is 6.05. The smallest absolute Gasteiger partial charge is 0.410 e. The van der Waals surface area contributed by atoms with Gasteiger partial charge in [-0.25, -0.2) is 14.8 Å². The quantitative estimate of drug-likeness (QED) is 0.690. The highest BCUT2D eigenvalue weighted by Crippen LogP contribution is 2.29. The number of hydrogen-bond acceptors (Lipinski definition) is 6. The monoisotopic (exact) mass is 414 g/mol. The predicted octanol–water partition coefficient (Wildman–Crippen LogP) is 4.15. The molecule has 0 N–H and O–H groups in total. The van der Waals surface area contributed by atoms with Crippen LogP contribution in [0.15, 0.2) is 16.7 Å². The summed E-state index contributed by atoms with van der Waals surface area (Å²) in [6, 6.07) is 3.86. The van der Waals surface area contributed by atoms with E-state index >= 15 is 0 Å². The van der Waals surface area contributed by atoms with E-state index in [1.165, 1.54) is 0 Å². The lowest BCUT2D eigenvalue weighted by Crippen LogP contribution is -2.49. The van der Waals surface area contributed by atoms with Gasteiger partial charge in [0, 0.05) is 26.2 Å². The summed E-state index contributed by atoms with van der Waals surface area (Å²) in [6.45, 7) is 10.5. The number of hydrogen-bond donors (Lipinski definition) is 0. The summed E-state index contributed by atoms with van der Waals surface area (Å²) in [4.78, 5) is 25.8. The largest absolute Gasteiger partial charge is 0.447 e. The second-order valence-electron chi connectivity index (χ2n) is 5.36. The zero-order chi connectivity index (χ0) is 17.7. The Balaban J connectivity index is 0.00000100. The second-order valence-corrected chi connectivity index (χ2v) is 7.13. The number of aromatic nitrogens is 2. The number of amides is 1. The predicted molar refractivity (Wildman–Crippen MR) is 102 cm³/mol. The molecule has 0 radical (unpaired) electrons. The third kappa shape index (κ3) is 4.57. The number of fused-ring (bicyclic) bond motifs is 1. The van der Waals surface area contributed by atoms with Gasteiger partial charge in [-0.05, 0) is 41.9 Å². The molecule has 0 aliphatic carbocycles. The van der Waals surface area contributed by atoms with Crippen molar-refractivity contribution < 1.29 is 9.53 Å². The first-order chi connectivity index (χ1) is 11.5. The number of carbonyl (C=O) groups is 1. The molecular weight excluding hydrogens is 392 g/mol. The fourth-order valence-corrected chi connectivity index (χ4v) is 3.69. The van der Waals surface area contributed by atoms with Crippen molar-refractivity contribution in [1.82, 2.24) is 14.9 Å². The molecule has 1 aliphatic rings. The molecule has 2 aromatic rings. The molecule has 6 nitrogen and oxygen atoms in total. The molecule has 0 saturated carbocycles. The lowest BCUT2D eigenvalue weighted by atomic mass is 10.3. The number of carbonyl (C=O) groups excluding carboxylic acids is 1. The number of pyridine rings is 1. The van der Waals surface area contributed by atoms with E-state index in [4.69, 9.17) is 4.74 Å². The van der Waals surface area contributed by atoms with Crippen molar-refractivity contribution in [2.24, 2.45) is 0 Å². The molecule has 2 aromatic heterocycles. The van der Waals surface area contributed by atoms with Gasteiger partial charge in [-0.3, -0.25) is 0 Å². The van der Waals surface area contributed by atoms with Crippen molar-refractivity contribution in [3.8, 4) is 0 Å². The summed E-state index contributed by atoms with van der Waals surface area (Å²) in [6.07, 6.45) is -0.316. The molecule has 1 aliphatic heterocycles. The molecular formula is C16H23BrN4O2S. The Hall–Kier alpha value is -1.41. The molecule has 8 heteroatoms. The van der Waals surface area contributed by atoms with E-state index in [1.807, 2.05) is 39.8 Å². The van der Waals surface area contributed by atoms with E-state index in [2.05, 4.69) is 30.8 Å². The molecule has 1 amide bonds. The molecule has 0 bridgehead atoms. The Morgan fingerprint density at radius 3 is 2.50 bits per heavy atom. The van der Waals surface area contributed by atoms with Gasteiger partial charge in [0.05, 0.1) is 6.10 Å². The van der Waals surface area contributed by atoms with Crippen molar-refractivity contribution in [2.45, 2.75) is 33.8 Å². The van der Waals surface area contributed by atoms with Crippen LogP contribution in [0.2, 0.25) is 0 Å². The minimum absolute atomic E-state index is 0.0840. The SMILES string of the molecule is CC.CC(C)OC(=O)N1CCN(c2nc3ccc(Br)nc3s2)CC1. The maximum atomic E-state index is 11.9. The van der Waals surface area contributed by atoms with E-state index in [9.17, 15) is 4.79 Å². The van der Waals surface area contributed by atoms with Gasteiger partial charge in [0.15, 0.2) is 5.13 Å². The number of ether oxygens (including phenoxy) is 1. The number of rotatable bonds is 2. The van der Waals surface area contributed by atoms with Crippen LogP contribution in [0.25, 0.3) is 10.3 Å². The van der Waals surface area contributed by atoms with Crippen molar-refractivity contribution in [3.63, 3.8) is 0 Å². The zero-order valence-corrected chi connectivity index (χ0v) is 16.9. The standard InChI is InChI=1S/C14H17BrN4O2S.C2H6/c1-9(2)21-14(20)19-7-5-18(6-8-19)13-16-10-3-4-11(15)17-12(10)22-13;1-2/h3-4,9H,5-8H2,1-2H3;1-2H3. The average Bonchev–Trinajstić information content (AvgIpc) is 2.99. The van der Waals surface area contributed by atoms with Crippen LogP contribution in [-0.2, 0) is 4.74 Å². The van der Waals surface area contributed by atoms with Crippen LogP contribution in [0.4, 0.5) is 9.93 Å². The van der Waals surface area contributed by atoms with Gasteiger partial charge >= 0.3 is 6.09 Å². The molecule has 132 valence electrons. The summed E-state index contributed by atoms with van der Waals surface area (Å²) in [7, 11) is 0. The zero-order valence-electron chi connectivity index (χ0n) is 14.5. The van der Waals surface area contributed by atoms with E-state index in [0.717, 1.165) is 33.2 Å². The maximum Gasteiger partial charge on any atom is 0.410 e. The Bertz CT molecular complexity index is 684. The first-order valence-corrected chi connectivity index (χ1v) is 9.77. The van der Waals surface area contributed by atoms with E-state index in [0.29, 0.717) is 13.1 Å². The number of nitrogens with zero attached hydrogens (tertiary/aromatic N) is 4. The second kappa shape index (κ2) is 8.62. The number of halogens is 1. The Kier molecular flexibility index (Phi) is 6.79. The molecule has 3 heterocycles. The van der Waals surface area contributed by atoms with Crippen molar-refractivity contribution >= 4 is 48.8 Å². The highest BCUT2D eigenvalue weighted by atomic mass is 79.9. The van der Waals surface area contributed by atoms with E-state index < -0.39 is 0 Å². The van der Waals surface area contributed by atoms with Crippen LogP contribution >= 0.6 is 27.3 Å². The van der Waals surface area contributed by atoms with Crippen LogP contribution in [0.1, 0.15) is 27.7 Å². The molecule has 0 aromatic carbocycles. The highest BCUT2D eigenvalue weighted by Gasteiger charge is 2.24. The number of thiazole rings is 1. The number of piperazine rings is 1. The molecule has 1 fully saturated rings. The minimum Gasteiger partial charge on any atom is -0.447 e. The van der Waals surface area contributed by atoms with Crippen LogP contribution in [0, 0.1) is 0 Å². The normalized spacial score (nSPS) is 14.6. The topological polar surface area (TPSA) is 58.6 Å². The third-order valence-corrected chi connectivity index (χ3v) is 4.82. The molecule has 0 unspecified atom stereocenters. The fraction of sp³-hybridized carbons (Fsp3) is 0.562. The molecule has 1 saturated heterocycles. The summed E-state index contributed by atoms with van der Waals surface area (Å²) in [5, 5.41) is 0.956. The molecule has 24 heavy (non-hydrogen) atoms. The minimum atomic E-state index is -0.232. The summed E-state index contributed by atoms with van der Waals surface area (Å²) in [5.41, 5.74) is 0.907. The lowest BCUT2D eigenvalue weighted by molar-refractivity contribution is 0.0751. The van der Waals surface area contributed by atoms with Gasteiger partial charge in [0.2, 0.25) is 0 Å². The van der Waals surface area contributed by atoms with Crippen molar-refractivity contribution in [3.05, 3.63) is 16.7 Å². The van der Waals surface area contributed by atoms with Gasteiger partial charge in [0.1, 0.15) is 15.0 Å². The first-order valence-electron chi connectivity index (χ1n) is 8.16. The van der Waals surface area contributed by atoms with Crippen LogP contribution in [0.3, 0.4) is 0 Å². The Labute approximate surface area is 155 Å². The number of anilines is 1. The Morgan fingerprint density at radius 2 is 1.88 bits per heavy atom. The van der Waals surface area contributed by atoms with Crippen molar-refractivity contribution in [2.75, 3.05) is 31.1 Å². The Morgan fingerprint density at radius 1 is 1.21 bits per heavy atom. The molecule has 0 spiro atoms. The highest BCUT2D eigenvalue weighted by molar-refractivity contribution is 9.10. The maximum absolute atomic E-state index is 11.9. The van der Waals surface area contributed by atoms with E-state index in [1.54, 1.807) is 16.2 Å². The van der Waals surface area contributed by atoms with E-state index in [-0.39, 0.29) is 12.2 Å². The fourth-order valence-electron chi connectivity index (χ4n) is 2.27. The van der Waals surface area contributed by atoms with Gasteiger partial charge < -0.3 is 14.5 Å². The van der Waals surface area contributed by atoms with Gasteiger partial charge in [-0.15, -0.1) is 0 Å². The van der Waals surface area contributed by atoms with Gasteiger partial charge in [-0.1, -0.05) is 25.2 Å².